The van der Waals surface area contributed by atoms with Crippen LogP contribution in [0.1, 0.15) is 23.2 Å². The molecule has 2 atom stereocenters. The summed E-state index contributed by atoms with van der Waals surface area (Å²) in [6.07, 6.45) is 0.389. The number of aliphatic hydroxyl groups is 2. The number of likely N-dealkylation sites (tertiary alicyclic amines) is 1. The molecule has 2 rings (SSSR count). The van der Waals surface area contributed by atoms with E-state index in [1.807, 2.05) is 19.0 Å². The molecule has 6 nitrogen and oxygen atoms in total. The summed E-state index contributed by atoms with van der Waals surface area (Å²) in [5.74, 6) is 0.248. The maximum Gasteiger partial charge on any atom is 0.258 e. The van der Waals surface area contributed by atoms with Gasteiger partial charge in [0, 0.05) is 18.1 Å². The van der Waals surface area contributed by atoms with E-state index in [-0.39, 0.29) is 12.5 Å². The van der Waals surface area contributed by atoms with Crippen molar-refractivity contribution in [2.45, 2.75) is 25.0 Å². The molecule has 1 aromatic carbocycles. The van der Waals surface area contributed by atoms with Gasteiger partial charge in [0.2, 0.25) is 0 Å². The van der Waals surface area contributed by atoms with Crippen molar-refractivity contribution < 1.29 is 19.7 Å². The molecule has 1 heterocycles. The molecule has 0 unspecified atom stereocenters. The summed E-state index contributed by atoms with van der Waals surface area (Å²) in [6.45, 7) is 1.40. The molecular weight excluding hydrogens is 332 g/mol. The quantitative estimate of drug-likeness (QED) is 0.802. The Kier molecular flexibility index (Phi) is 6.86. The molecule has 1 saturated heterocycles. The molecule has 24 heavy (non-hydrogen) atoms. The Hall–Kier alpha value is -1.34. The Morgan fingerprint density at radius 1 is 1.46 bits per heavy atom. The number of carbonyl (C=O) groups is 1. The van der Waals surface area contributed by atoms with Gasteiger partial charge in [0.1, 0.15) is 12.4 Å². The Morgan fingerprint density at radius 3 is 2.88 bits per heavy atom. The van der Waals surface area contributed by atoms with Crippen LogP contribution in [0.2, 0.25) is 5.02 Å². The smallest absolute Gasteiger partial charge is 0.258 e. The summed E-state index contributed by atoms with van der Waals surface area (Å²) in [5, 5.41) is 19.7. The van der Waals surface area contributed by atoms with Crippen LogP contribution in [0.15, 0.2) is 18.2 Å². The third-order valence-corrected chi connectivity index (χ3v) is 4.36. The third kappa shape index (κ3) is 4.83. The Bertz CT molecular complexity index is 568. The number of nitrogens with zero attached hydrogens (tertiary/aromatic N) is 2. The first-order chi connectivity index (χ1) is 11.4. The van der Waals surface area contributed by atoms with Crippen molar-refractivity contribution in [1.82, 2.24) is 9.80 Å². The van der Waals surface area contributed by atoms with E-state index in [1.54, 1.807) is 23.1 Å². The molecule has 0 bridgehead atoms. The fourth-order valence-corrected chi connectivity index (χ4v) is 2.93. The molecule has 1 aromatic rings. The summed E-state index contributed by atoms with van der Waals surface area (Å²) in [6, 6.07) is 4.58. The summed E-state index contributed by atoms with van der Waals surface area (Å²) >= 11 is 6.05. The molecule has 0 aliphatic carbocycles. The van der Waals surface area contributed by atoms with Crippen LogP contribution in [0, 0.1) is 0 Å². The fourth-order valence-electron chi connectivity index (χ4n) is 2.76. The van der Waals surface area contributed by atoms with E-state index in [2.05, 4.69) is 0 Å². The highest BCUT2D eigenvalue weighted by Gasteiger charge is 2.32. The van der Waals surface area contributed by atoms with E-state index in [9.17, 15) is 15.0 Å². The number of amides is 1. The largest absolute Gasteiger partial charge is 0.491 e. The van der Waals surface area contributed by atoms with E-state index in [0.717, 1.165) is 6.54 Å². The average Bonchev–Trinajstić information content (AvgIpc) is 2.55. The third-order valence-electron chi connectivity index (χ3n) is 4.13. The van der Waals surface area contributed by atoms with Gasteiger partial charge in [0.25, 0.3) is 5.91 Å². The number of likely N-dealkylation sites (N-methyl/N-ethyl adjacent to an activating group) is 1. The van der Waals surface area contributed by atoms with E-state index in [4.69, 9.17) is 16.3 Å². The number of carbonyl (C=O) groups excluding carboxylic acids is 1. The molecule has 0 radical (unpaired) electrons. The number of piperidine rings is 1. The van der Waals surface area contributed by atoms with Crippen molar-refractivity contribution in [3.8, 4) is 5.75 Å². The van der Waals surface area contributed by atoms with E-state index >= 15 is 0 Å². The van der Waals surface area contributed by atoms with Crippen molar-refractivity contribution in [3.05, 3.63) is 28.8 Å². The minimum Gasteiger partial charge on any atom is -0.491 e. The summed E-state index contributed by atoms with van der Waals surface area (Å²) in [4.78, 5) is 16.5. The molecule has 0 saturated carbocycles. The van der Waals surface area contributed by atoms with Crippen LogP contribution >= 0.6 is 11.6 Å². The maximum absolute atomic E-state index is 12.9. The number of halogens is 1. The van der Waals surface area contributed by atoms with E-state index in [1.165, 1.54) is 0 Å². The van der Waals surface area contributed by atoms with Crippen LogP contribution in [0.25, 0.3) is 0 Å². The van der Waals surface area contributed by atoms with Crippen LogP contribution in [-0.2, 0) is 0 Å². The number of benzene rings is 1. The second-order valence-electron chi connectivity index (χ2n) is 6.31. The lowest BCUT2D eigenvalue weighted by atomic mass is 9.98. The van der Waals surface area contributed by atoms with Gasteiger partial charge in [-0.05, 0) is 45.1 Å². The molecule has 1 aliphatic rings. The van der Waals surface area contributed by atoms with Gasteiger partial charge < -0.3 is 24.7 Å². The van der Waals surface area contributed by atoms with Gasteiger partial charge in [-0.15, -0.1) is 0 Å². The zero-order valence-electron chi connectivity index (χ0n) is 14.1. The highest BCUT2D eigenvalue weighted by atomic mass is 35.5. The summed E-state index contributed by atoms with van der Waals surface area (Å²) < 4.78 is 5.75. The number of ether oxygens (including phenoxy) is 1. The Balaban J connectivity index is 2.19. The normalized spacial score (nSPS) is 21.2. The monoisotopic (exact) mass is 356 g/mol. The van der Waals surface area contributed by atoms with Crippen LogP contribution in [0.3, 0.4) is 0 Å². The van der Waals surface area contributed by atoms with Gasteiger partial charge in [-0.2, -0.15) is 0 Å². The topological polar surface area (TPSA) is 73.2 Å². The molecule has 1 amide bonds. The molecule has 134 valence electrons. The number of hydrogen-bond acceptors (Lipinski definition) is 5. The molecule has 0 aromatic heterocycles. The molecule has 2 N–H and O–H groups in total. The zero-order chi connectivity index (χ0) is 17.7. The number of aliphatic hydroxyl groups excluding tert-OH is 2. The maximum atomic E-state index is 12.9. The standard InChI is InChI=1S/C17H25ClN2O4/c1-19(2)7-8-24-16-4-3-12(18)9-15(16)17(23)20-6-5-14(22)10-13(20)11-21/h3-4,9,13-14,21-22H,5-8,10-11H2,1-2H3/t13-,14+/m0/s1. The van der Waals surface area contributed by atoms with E-state index < -0.39 is 12.1 Å². The second kappa shape index (κ2) is 8.67. The lowest BCUT2D eigenvalue weighted by molar-refractivity contribution is 0.0163. The predicted molar refractivity (Wildman–Crippen MR) is 92.7 cm³/mol. The minimum absolute atomic E-state index is 0.180. The first kappa shape index (κ1) is 19.0. The van der Waals surface area contributed by atoms with Gasteiger partial charge >= 0.3 is 0 Å². The van der Waals surface area contributed by atoms with Crippen molar-refractivity contribution in [2.75, 3.05) is 40.4 Å². The average molecular weight is 357 g/mol. The molecule has 1 fully saturated rings. The van der Waals surface area contributed by atoms with Gasteiger partial charge in [-0.1, -0.05) is 11.6 Å². The van der Waals surface area contributed by atoms with Crippen molar-refractivity contribution in [2.24, 2.45) is 0 Å². The van der Waals surface area contributed by atoms with Crippen LogP contribution in [0.4, 0.5) is 0 Å². The minimum atomic E-state index is -0.485. The van der Waals surface area contributed by atoms with Crippen molar-refractivity contribution in [3.63, 3.8) is 0 Å². The van der Waals surface area contributed by atoms with Crippen LogP contribution in [0.5, 0.6) is 5.75 Å². The summed E-state index contributed by atoms with van der Waals surface area (Å²) in [7, 11) is 3.89. The molecule has 1 aliphatic heterocycles. The van der Waals surface area contributed by atoms with Gasteiger partial charge in [0.15, 0.2) is 0 Å². The molecule has 7 heteroatoms. The van der Waals surface area contributed by atoms with Crippen LogP contribution in [-0.4, -0.2) is 78.5 Å². The van der Waals surface area contributed by atoms with Gasteiger partial charge in [0.05, 0.1) is 24.3 Å². The lowest BCUT2D eigenvalue weighted by Gasteiger charge is -2.37. The van der Waals surface area contributed by atoms with Crippen molar-refractivity contribution >= 4 is 17.5 Å². The van der Waals surface area contributed by atoms with E-state index in [0.29, 0.717) is 42.3 Å². The predicted octanol–water partition coefficient (Wildman–Crippen LogP) is 1.24. The molecule has 0 spiro atoms. The zero-order valence-corrected chi connectivity index (χ0v) is 14.9. The number of hydrogen-bond donors (Lipinski definition) is 2. The SMILES string of the molecule is CN(C)CCOc1ccc(Cl)cc1C(=O)N1CC[C@@H](O)C[C@H]1CO. The molecular formula is C17H25ClN2O4. The first-order valence-electron chi connectivity index (χ1n) is 8.09. The Morgan fingerprint density at radius 2 is 2.21 bits per heavy atom. The number of rotatable bonds is 6. The van der Waals surface area contributed by atoms with Gasteiger partial charge in [-0.3, -0.25) is 4.79 Å². The summed E-state index contributed by atoms with van der Waals surface area (Å²) in [5.41, 5.74) is 0.385. The van der Waals surface area contributed by atoms with Crippen molar-refractivity contribution in [1.29, 1.82) is 0 Å². The highest BCUT2D eigenvalue weighted by Crippen LogP contribution is 2.27. The Labute approximate surface area is 147 Å². The fraction of sp³-hybridized carbons (Fsp3) is 0.588. The van der Waals surface area contributed by atoms with Gasteiger partial charge in [-0.25, -0.2) is 0 Å². The highest BCUT2D eigenvalue weighted by molar-refractivity contribution is 6.31. The van der Waals surface area contributed by atoms with Crippen LogP contribution < -0.4 is 4.74 Å². The first-order valence-corrected chi connectivity index (χ1v) is 8.47. The lowest BCUT2D eigenvalue weighted by Crippen LogP contribution is -2.49. The second-order valence-corrected chi connectivity index (χ2v) is 6.74.